The van der Waals surface area contributed by atoms with Crippen LogP contribution in [0, 0.1) is 0 Å². The molecule has 0 fully saturated rings. The van der Waals surface area contributed by atoms with Gasteiger partial charge in [-0.25, -0.2) is 0 Å². The van der Waals surface area contributed by atoms with Gasteiger partial charge in [-0.3, -0.25) is 9.48 Å². The van der Waals surface area contributed by atoms with Gasteiger partial charge in [0, 0.05) is 18.3 Å². The predicted octanol–water partition coefficient (Wildman–Crippen LogP) is 0.539. The Labute approximate surface area is 111 Å². The number of nitrogens with zero attached hydrogens (tertiary/aromatic N) is 2. The summed E-state index contributed by atoms with van der Waals surface area (Å²) in [5.41, 5.74) is 12.3. The Bertz CT molecular complexity index is 580. The van der Waals surface area contributed by atoms with Crippen molar-refractivity contribution in [1.82, 2.24) is 9.78 Å². The molecule has 1 aromatic heterocycles. The number of hydrogen-bond donors (Lipinski definition) is 2. The number of carbonyl (C=O) groups is 1. The normalized spacial score (nSPS) is 12.1. The van der Waals surface area contributed by atoms with E-state index in [9.17, 15) is 4.79 Å². The lowest BCUT2D eigenvalue weighted by Gasteiger charge is -2.18. The molecule has 0 spiro atoms. The third-order valence-corrected chi connectivity index (χ3v) is 2.93. The smallest absolute Gasteiger partial charge is 0.251 e. The van der Waals surface area contributed by atoms with E-state index in [1.807, 2.05) is 24.3 Å². The van der Waals surface area contributed by atoms with Crippen LogP contribution in [0.1, 0.15) is 22.0 Å². The van der Waals surface area contributed by atoms with Gasteiger partial charge in [-0.15, -0.1) is 0 Å². The zero-order valence-corrected chi connectivity index (χ0v) is 10.6. The highest BCUT2D eigenvalue weighted by molar-refractivity contribution is 5.92. The molecular formula is C13H16N4O2. The van der Waals surface area contributed by atoms with E-state index < -0.39 is 5.91 Å². The van der Waals surface area contributed by atoms with Crippen molar-refractivity contribution in [1.29, 1.82) is 0 Å². The number of hydrogen-bond acceptors (Lipinski definition) is 4. The monoisotopic (exact) mass is 260 g/mol. The van der Waals surface area contributed by atoms with Gasteiger partial charge in [0.05, 0.1) is 24.9 Å². The van der Waals surface area contributed by atoms with Crippen molar-refractivity contribution < 1.29 is 9.53 Å². The minimum atomic E-state index is -0.512. The molecule has 0 radical (unpaired) electrons. The van der Waals surface area contributed by atoms with E-state index in [-0.39, 0.29) is 6.04 Å². The summed E-state index contributed by atoms with van der Waals surface area (Å²) >= 11 is 0. The number of amides is 1. The number of para-hydroxylation sites is 1. The van der Waals surface area contributed by atoms with Crippen molar-refractivity contribution in [3.05, 3.63) is 47.8 Å². The lowest BCUT2D eigenvalue weighted by molar-refractivity contribution is 0.1000. The molecule has 0 bridgehead atoms. The molecule has 1 amide bonds. The second-order valence-corrected chi connectivity index (χ2v) is 4.07. The summed E-state index contributed by atoms with van der Waals surface area (Å²) in [4.78, 5) is 11.1. The molecule has 0 saturated heterocycles. The van der Waals surface area contributed by atoms with E-state index in [1.54, 1.807) is 18.0 Å². The van der Waals surface area contributed by atoms with Crippen LogP contribution in [0.3, 0.4) is 0 Å². The van der Waals surface area contributed by atoms with E-state index in [2.05, 4.69) is 5.10 Å². The topological polar surface area (TPSA) is 96.2 Å². The summed E-state index contributed by atoms with van der Waals surface area (Å²) in [6.45, 7) is 0.334. The van der Waals surface area contributed by atoms with Crippen molar-refractivity contribution in [2.75, 3.05) is 13.7 Å². The quantitative estimate of drug-likeness (QED) is 0.820. The number of benzene rings is 1. The average Bonchev–Trinajstić information content (AvgIpc) is 2.90. The molecule has 0 aliphatic heterocycles. The zero-order valence-electron chi connectivity index (χ0n) is 10.6. The average molecular weight is 260 g/mol. The third-order valence-electron chi connectivity index (χ3n) is 2.93. The van der Waals surface area contributed by atoms with E-state index in [4.69, 9.17) is 16.2 Å². The maximum atomic E-state index is 11.1. The summed E-state index contributed by atoms with van der Waals surface area (Å²) in [7, 11) is 1.60. The van der Waals surface area contributed by atoms with Gasteiger partial charge in [-0.2, -0.15) is 5.10 Å². The van der Waals surface area contributed by atoms with Crippen molar-refractivity contribution in [2.24, 2.45) is 11.5 Å². The fourth-order valence-electron chi connectivity index (χ4n) is 1.95. The Hall–Kier alpha value is -2.34. The number of carbonyl (C=O) groups excluding carboxylic acids is 1. The van der Waals surface area contributed by atoms with Crippen LogP contribution >= 0.6 is 0 Å². The van der Waals surface area contributed by atoms with Crippen molar-refractivity contribution >= 4 is 5.91 Å². The molecule has 6 heteroatoms. The van der Waals surface area contributed by atoms with E-state index in [0.717, 1.165) is 11.3 Å². The summed E-state index contributed by atoms with van der Waals surface area (Å²) in [5, 5.41) is 4.14. The third kappa shape index (κ3) is 2.58. The van der Waals surface area contributed by atoms with E-state index >= 15 is 0 Å². The number of ether oxygens (including phenoxy) is 1. The van der Waals surface area contributed by atoms with Gasteiger partial charge in [0.1, 0.15) is 5.75 Å². The minimum absolute atomic E-state index is 0.204. The Kier molecular flexibility index (Phi) is 3.82. The standard InChI is InChI=1S/C13H16N4O2/c1-19-12-5-3-2-4-10(12)11(6-14)17-8-9(7-16-17)13(15)18/h2-5,7-8,11H,6,14H2,1H3,(H2,15,18). The predicted molar refractivity (Wildman–Crippen MR) is 70.9 cm³/mol. The molecule has 0 saturated carbocycles. The van der Waals surface area contributed by atoms with Crippen LogP contribution < -0.4 is 16.2 Å². The second kappa shape index (κ2) is 5.53. The van der Waals surface area contributed by atoms with Crippen molar-refractivity contribution in [3.8, 4) is 5.75 Å². The Morgan fingerprint density at radius 2 is 2.21 bits per heavy atom. The van der Waals surface area contributed by atoms with Crippen LogP contribution in [-0.4, -0.2) is 29.3 Å². The largest absolute Gasteiger partial charge is 0.496 e. The molecule has 1 unspecified atom stereocenters. The summed E-state index contributed by atoms with van der Waals surface area (Å²) in [6, 6.07) is 7.36. The lowest BCUT2D eigenvalue weighted by Crippen LogP contribution is -2.21. The highest BCUT2D eigenvalue weighted by Gasteiger charge is 2.18. The number of rotatable bonds is 5. The minimum Gasteiger partial charge on any atom is -0.496 e. The van der Waals surface area contributed by atoms with Gasteiger partial charge >= 0.3 is 0 Å². The van der Waals surface area contributed by atoms with Crippen LogP contribution in [0.5, 0.6) is 5.75 Å². The molecule has 1 aromatic carbocycles. The number of methoxy groups -OCH3 is 1. The number of primary amides is 1. The maximum absolute atomic E-state index is 11.1. The van der Waals surface area contributed by atoms with Gasteiger partial charge in [0.15, 0.2) is 0 Å². The Morgan fingerprint density at radius 3 is 2.79 bits per heavy atom. The number of nitrogens with two attached hydrogens (primary N) is 2. The fraction of sp³-hybridized carbons (Fsp3) is 0.231. The first-order valence-electron chi connectivity index (χ1n) is 5.84. The Morgan fingerprint density at radius 1 is 1.47 bits per heavy atom. The van der Waals surface area contributed by atoms with Crippen LogP contribution in [-0.2, 0) is 0 Å². The highest BCUT2D eigenvalue weighted by atomic mass is 16.5. The molecule has 2 rings (SSSR count). The van der Waals surface area contributed by atoms with Gasteiger partial charge in [-0.1, -0.05) is 18.2 Å². The molecule has 1 atom stereocenters. The molecule has 0 aliphatic carbocycles. The lowest BCUT2D eigenvalue weighted by atomic mass is 10.1. The molecule has 6 nitrogen and oxygen atoms in total. The van der Waals surface area contributed by atoms with Crippen LogP contribution in [0.25, 0.3) is 0 Å². The highest BCUT2D eigenvalue weighted by Crippen LogP contribution is 2.26. The van der Waals surface area contributed by atoms with Gasteiger partial charge in [0.2, 0.25) is 0 Å². The van der Waals surface area contributed by atoms with Crippen molar-refractivity contribution in [2.45, 2.75) is 6.04 Å². The fourth-order valence-corrected chi connectivity index (χ4v) is 1.95. The van der Waals surface area contributed by atoms with Gasteiger partial charge in [-0.05, 0) is 6.07 Å². The Balaban J connectivity index is 2.40. The first-order valence-corrected chi connectivity index (χ1v) is 5.84. The van der Waals surface area contributed by atoms with E-state index in [1.165, 1.54) is 6.20 Å². The second-order valence-electron chi connectivity index (χ2n) is 4.07. The molecule has 4 N–H and O–H groups in total. The van der Waals surface area contributed by atoms with Gasteiger partial charge < -0.3 is 16.2 Å². The van der Waals surface area contributed by atoms with Gasteiger partial charge in [0.25, 0.3) is 5.91 Å². The first-order chi connectivity index (χ1) is 9.17. The molecular weight excluding hydrogens is 244 g/mol. The summed E-state index contributed by atoms with van der Waals surface area (Å²) < 4.78 is 6.94. The van der Waals surface area contributed by atoms with Crippen LogP contribution in [0.4, 0.5) is 0 Å². The number of aromatic nitrogens is 2. The van der Waals surface area contributed by atoms with Crippen LogP contribution in [0.15, 0.2) is 36.7 Å². The molecule has 0 aliphatic rings. The summed E-state index contributed by atoms with van der Waals surface area (Å²) in [6.07, 6.45) is 3.02. The molecule has 2 aromatic rings. The first kappa shape index (κ1) is 13.1. The zero-order chi connectivity index (χ0) is 13.8. The molecule has 19 heavy (non-hydrogen) atoms. The van der Waals surface area contributed by atoms with E-state index in [0.29, 0.717) is 12.1 Å². The van der Waals surface area contributed by atoms with Crippen molar-refractivity contribution in [3.63, 3.8) is 0 Å². The molecule has 1 heterocycles. The molecule has 100 valence electrons. The summed E-state index contributed by atoms with van der Waals surface area (Å²) in [5.74, 6) is 0.219. The maximum Gasteiger partial charge on any atom is 0.251 e. The van der Waals surface area contributed by atoms with Crippen LogP contribution in [0.2, 0.25) is 0 Å². The SMILES string of the molecule is COc1ccccc1C(CN)n1cc(C(N)=O)cn1.